The van der Waals surface area contributed by atoms with Gasteiger partial charge in [-0.25, -0.2) is 17.5 Å². The average molecular weight is 364 g/mol. The molecule has 6 heteroatoms. The summed E-state index contributed by atoms with van der Waals surface area (Å²) in [6.07, 6.45) is 5.69. The monoisotopic (exact) mass is 363 g/mol. The Morgan fingerprint density at radius 2 is 1.95 bits per heavy atom. The lowest BCUT2D eigenvalue weighted by Gasteiger charge is -2.28. The molecule has 1 aromatic carbocycles. The van der Waals surface area contributed by atoms with E-state index in [1.807, 2.05) is 6.92 Å². The van der Waals surface area contributed by atoms with Gasteiger partial charge in [-0.2, -0.15) is 0 Å². The second-order valence-electron chi connectivity index (χ2n) is 5.38. The maximum atomic E-state index is 13.0. The summed E-state index contributed by atoms with van der Waals surface area (Å²) in [5.74, 6) is -0.0751. The maximum absolute atomic E-state index is 13.0. The summed E-state index contributed by atoms with van der Waals surface area (Å²) in [4.78, 5) is 0.0848. The van der Waals surface area contributed by atoms with Crippen molar-refractivity contribution in [2.45, 2.75) is 50.0 Å². The van der Waals surface area contributed by atoms with Crippen LogP contribution in [-0.2, 0) is 10.0 Å². The van der Waals surface area contributed by atoms with Gasteiger partial charge >= 0.3 is 0 Å². The number of rotatable bonds is 4. The van der Waals surface area contributed by atoms with Gasteiger partial charge in [0.05, 0.1) is 4.90 Å². The number of sulfonamides is 1. The van der Waals surface area contributed by atoms with Gasteiger partial charge in [-0.3, -0.25) is 0 Å². The topological polar surface area (TPSA) is 46.2 Å². The summed E-state index contributed by atoms with van der Waals surface area (Å²) in [6, 6.07) is 3.51. The van der Waals surface area contributed by atoms with Gasteiger partial charge in [0.2, 0.25) is 10.0 Å². The molecule has 0 spiro atoms. The number of hydrogen-bond acceptors (Lipinski definition) is 2. The molecule has 0 amide bonds. The molecule has 0 bridgehead atoms. The van der Waals surface area contributed by atoms with E-state index in [2.05, 4.69) is 20.7 Å². The number of halogens is 2. The van der Waals surface area contributed by atoms with Crippen molar-refractivity contribution >= 4 is 26.0 Å². The average Bonchev–Trinajstić information content (AvgIpc) is 2.38. The van der Waals surface area contributed by atoms with Crippen molar-refractivity contribution in [2.24, 2.45) is 5.92 Å². The highest BCUT2D eigenvalue weighted by Gasteiger charge is 2.26. The predicted octanol–water partition coefficient (Wildman–Crippen LogP) is 3.84. The van der Waals surface area contributed by atoms with Crippen molar-refractivity contribution in [1.82, 2.24) is 4.72 Å². The van der Waals surface area contributed by atoms with Crippen molar-refractivity contribution in [2.75, 3.05) is 0 Å². The van der Waals surface area contributed by atoms with E-state index in [1.54, 1.807) is 0 Å². The first-order valence-electron chi connectivity index (χ1n) is 6.87. The Kier molecular flexibility index (Phi) is 5.20. The van der Waals surface area contributed by atoms with E-state index in [-0.39, 0.29) is 15.4 Å². The van der Waals surface area contributed by atoms with Crippen LogP contribution in [0.15, 0.2) is 27.6 Å². The third kappa shape index (κ3) is 3.80. The van der Waals surface area contributed by atoms with Gasteiger partial charge in [-0.15, -0.1) is 0 Å². The smallest absolute Gasteiger partial charge is 0.208 e. The molecule has 1 atom stereocenters. The van der Waals surface area contributed by atoms with Crippen molar-refractivity contribution < 1.29 is 12.8 Å². The van der Waals surface area contributed by atoms with Gasteiger partial charge in [-0.05, 0) is 59.8 Å². The predicted molar refractivity (Wildman–Crippen MR) is 80.5 cm³/mol. The van der Waals surface area contributed by atoms with Crippen LogP contribution < -0.4 is 4.72 Å². The molecule has 0 aromatic heterocycles. The Labute approximate surface area is 128 Å². The summed E-state index contributed by atoms with van der Waals surface area (Å²) in [7, 11) is -3.62. The van der Waals surface area contributed by atoms with Crippen LogP contribution in [0.1, 0.15) is 39.0 Å². The van der Waals surface area contributed by atoms with Gasteiger partial charge < -0.3 is 0 Å². The maximum Gasteiger partial charge on any atom is 0.241 e. The fraction of sp³-hybridized carbons (Fsp3) is 0.571. The molecular formula is C14H19BrFNO2S. The summed E-state index contributed by atoms with van der Waals surface area (Å²) in [6.45, 7) is 1.91. The fourth-order valence-electron chi connectivity index (χ4n) is 2.73. The van der Waals surface area contributed by atoms with Gasteiger partial charge in [0.15, 0.2) is 0 Å². The van der Waals surface area contributed by atoms with E-state index in [9.17, 15) is 12.8 Å². The zero-order valence-electron chi connectivity index (χ0n) is 11.4. The largest absolute Gasteiger partial charge is 0.241 e. The third-order valence-electron chi connectivity index (χ3n) is 3.88. The van der Waals surface area contributed by atoms with Crippen LogP contribution in [-0.4, -0.2) is 14.5 Å². The molecule has 1 N–H and O–H groups in total. The minimum Gasteiger partial charge on any atom is -0.208 e. The second-order valence-corrected chi connectivity index (χ2v) is 7.92. The lowest BCUT2D eigenvalue weighted by Crippen LogP contribution is -2.38. The normalized spacial score (nSPS) is 18.9. The van der Waals surface area contributed by atoms with Gasteiger partial charge in [0, 0.05) is 10.5 Å². The molecule has 0 radical (unpaired) electrons. The van der Waals surface area contributed by atoms with Crippen molar-refractivity contribution in [3.63, 3.8) is 0 Å². The third-order valence-corrected chi connectivity index (χ3v) is 6.42. The van der Waals surface area contributed by atoms with Crippen LogP contribution in [0.2, 0.25) is 0 Å². The summed E-state index contributed by atoms with van der Waals surface area (Å²) in [5.41, 5.74) is 0. The highest BCUT2D eigenvalue weighted by atomic mass is 79.9. The van der Waals surface area contributed by atoms with Gasteiger partial charge in [0.1, 0.15) is 5.82 Å². The minimum absolute atomic E-state index is 0.0848. The zero-order chi connectivity index (χ0) is 14.8. The van der Waals surface area contributed by atoms with Crippen LogP contribution in [0.5, 0.6) is 0 Å². The SMILES string of the molecule is CC(NS(=O)(=O)c1ccc(F)cc1Br)C1CCCCC1. The number of benzene rings is 1. The number of hydrogen-bond donors (Lipinski definition) is 1. The van der Waals surface area contributed by atoms with E-state index < -0.39 is 15.8 Å². The highest BCUT2D eigenvalue weighted by Crippen LogP contribution is 2.28. The fourth-order valence-corrected chi connectivity index (χ4v) is 5.09. The molecule has 0 aliphatic heterocycles. The van der Waals surface area contributed by atoms with E-state index in [1.165, 1.54) is 18.6 Å². The Hall–Kier alpha value is -0.460. The molecular weight excluding hydrogens is 345 g/mol. The van der Waals surface area contributed by atoms with E-state index >= 15 is 0 Å². The van der Waals surface area contributed by atoms with Crippen molar-refractivity contribution in [3.8, 4) is 0 Å². The van der Waals surface area contributed by atoms with Crippen molar-refractivity contribution in [3.05, 3.63) is 28.5 Å². The molecule has 1 fully saturated rings. The Bertz CT molecular complexity index is 571. The van der Waals surface area contributed by atoms with E-state index in [0.717, 1.165) is 31.7 Å². The summed E-state index contributed by atoms with van der Waals surface area (Å²) >= 11 is 3.11. The van der Waals surface area contributed by atoms with Crippen LogP contribution >= 0.6 is 15.9 Å². The van der Waals surface area contributed by atoms with Crippen LogP contribution in [0.3, 0.4) is 0 Å². The Morgan fingerprint density at radius 3 is 2.55 bits per heavy atom. The second kappa shape index (κ2) is 6.54. The Morgan fingerprint density at radius 1 is 1.30 bits per heavy atom. The molecule has 1 aliphatic carbocycles. The van der Waals surface area contributed by atoms with E-state index in [0.29, 0.717) is 5.92 Å². The lowest BCUT2D eigenvalue weighted by atomic mass is 9.85. The number of nitrogens with one attached hydrogen (secondary N) is 1. The molecule has 1 aromatic rings. The molecule has 2 rings (SSSR count). The first kappa shape index (κ1) is 15.9. The lowest BCUT2D eigenvalue weighted by molar-refractivity contribution is 0.303. The first-order chi connectivity index (χ1) is 9.40. The Balaban J connectivity index is 2.13. The molecule has 0 saturated heterocycles. The molecule has 1 unspecified atom stereocenters. The minimum atomic E-state index is -3.62. The van der Waals surface area contributed by atoms with Crippen molar-refractivity contribution in [1.29, 1.82) is 0 Å². The summed E-state index contributed by atoms with van der Waals surface area (Å²) < 4.78 is 40.7. The van der Waals surface area contributed by atoms with Crippen LogP contribution in [0.4, 0.5) is 4.39 Å². The highest BCUT2D eigenvalue weighted by molar-refractivity contribution is 9.10. The molecule has 1 aliphatic rings. The van der Waals surface area contributed by atoms with Gasteiger partial charge in [-0.1, -0.05) is 19.3 Å². The van der Waals surface area contributed by atoms with Crippen LogP contribution in [0.25, 0.3) is 0 Å². The van der Waals surface area contributed by atoms with E-state index in [4.69, 9.17) is 0 Å². The zero-order valence-corrected chi connectivity index (χ0v) is 13.8. The summed E-state index contributed by atoms with van der Waals surface area (Å²) in [5, 5.41) is 0. The standard InChI is InChI=1S/C14H19BrFNO2S/c1-10(11-5-3-2-4-6-11)17-20(18,19)14-8-7-12(16)9-13(14)15/h7-11,17H,2-6H2,1H3. The quantitative estimate of drug-likeness (QED) is 0.883. The molecule has 1 saturated carbocycles. The first-order valence-corrected chi connectivity index (χ1v) is 9.15. The molecule has 0 heterocycles. The van der Waals surface area contributed by atoms with Crippen LogP contribution in [0, 0.1) is 11.7 Å². The molecule has 112 valence electrons. The molecule has 20 heavy (non-hydrogen) atoms. The van der Waals surface area contributed by atoms with Gasteiger partial charge in [0.25, 0.3) is 0 Å². The molecule has 3 nitrogen and oxygen atoms in total.